The number of carbonyl (C=O) groups is 1. The van der Waals surface area contributed by atoms with Crippen LogP contribution in [0.4, 0.5) is 0 Å². The van der Waals surface area contributed by atoms with E-state index in [0.717, 1.165) is 17.0 Å². The standard InChI is InChI=1S/C21H19N5O2/c1-14-19(24-20(23-14)15-8-4-3-5-9-15)21(27)26(2)13-16-12-18(25-28-16)17-10-6-7-11-22-17/h3-12H,13H2,1-2H3,(H,23,24). The minimum Gasteiger partial charge on any atom is -0.359 e. The molecule has 0 unspecified atom stereocenters. The molecule has 4 rings (SSSR count). The number of hydrogen-bond donors (Lipinski definition) is 1. The SMILES string of the molecule is Cc1[nH]c(-c2ccccc2)nc1C(=O)N(C)Cc1cc(-c2ccccn2)no1. The highest BCUT2D eigenvalue weighted by Crippen LogP contribution is 2.20. The molecule has 7 heteroatoms. The Bertz CT molecular complexity index is 1090. The number of benzene rings is 1. The van der Waals surface area contributed by atoms with Crippen LogP contribution in [-0.4, -0.2) is 38.0 Å². The van der Waals surface area contributed by atoms with E-state index in [1.807, 2.05) is 55.5 Å². The van der Waals surface area contributed by atoms with E-state index in [-0.39, 0.29) is 12.5 Å². The van der Waals surface area contributed by atoms with E-state index in [2.05, 4.69) is 20.1 Å². The minimum atomic E-state index is -0.188. The number of pyridine rings is 1. The minimum absolute atomic E-state index is 0.188. The van der Waals surface area contributed by atoms with Gasteiger partial charge in [0.2, 0.25) is 0 Å². The molecule has 1 N–H and O–H groups in total. The Morgan fingerprint density at radius 1 is 1.11 bits per heavy atom. The van der Waals surface area contributed by atoms with Crippen LogP contribution < -0.4 is 0 Å². The number of nitrogens with zero attached hydrogens (tertiary/aromatic N) is 4. The first-order valence-electron chi connectivity index (χ1n) is 8.86. The molecule has 28 heavy (non-hydrogen) atoms. The number of hydrogen-bond acceptors (Lipinski definition) is 5. The van der Waals surface area contributed by atoms with Gasteiger partial charge in [0.25, 0.3) is 5.91 Å². The first kappa shape index (κ1) is 17.7. The van der Waals surface area contributed by atoms with E-state index in [9.17, 15) is 4.79 Å². The van der Waals surface area contributed by atoms with Crippen molar-refractivity contribution in [3.05, 3.63) is 77.9 Å². The fraction of sp³-hybridized carbons (Fsp3) is 0.143. The van der Waals surface area contributed by atoms with Crippen molar-refractivity contribution in [3.8, 4) is 22.8 Å². The predicted molar refractivity (Wildman–Crippen MR) is 104 cm³/mol. The number of carbonyl (C=O) groups excluding carboxylic acids is 1. The van der Waals surface area contributed by atoms with Crippen LogP contribution in [0.5, 0.6) is 0 Å². The summed E-state index contributed by atoms with van der Waals surface area (Å²) in [5.41, 5.74) is 3.41. The smallest absolute Gasteiger partial charge is 0.274 e. The second kappa shape index (κ2) is 7.48. The number of amides is 1. The molecule has 1 aromatic carbocycles. The monoisotopic (exact) mass is 373 g/mol. The van der Waals surface area contributed by atoms with Gasteiger partial charge in [0.05, 0.1) is 12.2 Å². The molecular formula is C21H19N5O2. The van der Waals surface area contributed by atoms with E-state index in [1.54, 1.807) is 24.2 Å². The Morgan fingerprint density at radius 2 is 1.89 bits per heavy atom. The highest BCUT2D eigenvalue weighted by Gasteiger charge is 2.21. The van der Waals surface area contributed by atoms with Crippen LogP contribution in [0.2, 0.25) is 0 Å². The highest BCUT2D eigenvalue weighted by molar-refractivity contribution is 5.93. The zero-order valence-electron chi connectivity index (χ0n) is 15.6. The summed E-state index contributed by atoms with van der Waals surface area (Å²) in [5, 5.41) is 4.04. The molecule has 0 spiro atoms. The molecular weight excluding hydrogens is 354 g/mol. The molecule has 0 radical (unpaired) electrons. The van der Waals surface area contributed by atoms with Gasteiger partial charge < -0.3 is 14.4 Å². The first-order valence-corrected chi connectivity index (χ1v) is 8.86. The van der Waals surface area contributed by atoms with Crippen molar-refractivity contribution in [3.63, 3.8) is 0 Å². The van der Waals surface area contributed by atoms with Gasteiger partial charge in [-0.25, -0.2) is 4.98 Å². The van der Waals surface area contributed by atoms with Gasteiger partial charge in [0, 0.05) is 30.6 Å². The molecule has 3 heterocycles. The molecule has 0 saturated heterocycles. The van der Waals surface area contributed by atoms with Crippen molar-refractivity contribution >= 4 is 5.91 Å². The van der Waals surface area contributed by atoms with E-state index in [0.29, 0.717) is 23.0 Å². The molecule has 0 aliphatic rings. The van der Waals surface area contributed by atoms with Gasteiger partial charge in [0.15, 0.2) is 5.76 Å². The maximum Gasteiger partial charge on any atom is 0.274 e. The van der Waals surface area contributed by atoms with Crippen molar-refractivity contribution in [2.24, 2.45) is 0 Å². The lowest BCUT2D eigenvalue weighted by atomic mass is 10.2. The molecule has 140 valence electrons. The molecule has 3 aromatic heterocycles. The maximum atomic E-state index is 12.9. The zero-order chi connectivity index (χ0) is 19.5. The van der Waals surface area contributed by atoms with Crippen LogP contribution in [0, 0.1) is 6.92 Å². The molecule has 0 aliphatic carbocycles. The third kappa shape index (κ3) is 3.55. The van der Waals surface area contributed by atoms with Crippen LogP contribution in [0.3, 0.4) is 0 Å². The Kier molecular flexibility index (Phi) is 4.72. The first-order chi connectivity index (χ1) is 13.6. The van der Waals surface area contributed by atoms with Crippen LogP contribution in [-0.2, 0) is 6.54 Å². The van der Waals surface area contributed by atoms with Gasteiger partial charge in [-0.05, 0) is 19.1 Å². The normalized spacial score (nSPS) is 10.8. The van der Waals surface area contributed by atoms with Crippen molar-refractivity contribution in [2.75, 3.05) is 7.05 Å². The van der Waals surface area contributed by atoms with E-state index in [1.165, 1.54) is 0 Å². The molecule has 4 aromatic rings. The lowest BCUT2D eigenvalue weighted by molar-refractivity contribution is 0.0766. The van der Waals surface area contributed by atoms with Gasteiger partial charge in [-0.2, -0.15) is 0 Å². The largest absolute Gasteiger partial charge is 0.359 e. The van der Waals surface area contributed by atoms with Crippen LogP contribution in [0.1, 0.15) is 21.9 Å². The van der Waals surface area contributed by atoms with E-state index >= 15 is 0 Å². The summed E-state index contributed by atoms with van der Waals surface area (Å²) in [6.07, 6.45) is 1.70. The van der Waals surface area contributed by atoms with Gasteiger partial charge in [-0.15, -0.1) is 0 Å². The fourth-order valence-electron chi connectivity index (χ4n) is 2.91. The number of aryl methyl sites for hydroxylation is 1. The van der Waals surface area contributed by atoms with Gasteiger partial charge in [-0.3, -0.25) is 9.78 Å². The highest BCUT2D eigenvalue weighted by atomic mass is 16.5. The second-order valence-corrected chi connectivity index (χ2v) is 6.48. The quantitative estimate of drug-likeness (QED) is 0.576. The van der Waals surface area contributed by atoms with Crippen molar-refractivity contribution < 1.29 is 9.32 Å². The molecule has 0 saturated carbocycles. The van der Waals surface area contributed by atoms with Crippen LogP contribution in [0.25, 0.3) is 22.8 Å². The Morgan fingerprint density at radius 3 is 2.64 bits per heavy atom. The fourth-order valence-corrected chi connectivity index (χ4v) is 2.91. The summed E-state index contributed by atoms with van der Waals surface area (Å²) in [7, 11) is 1.71. The van der Waals surface area contributed by atoms with Crippen molar-refractivity contribution in [2.45, 2.75) is 13.5 Å². The number of rotatable bonds is 5. The molecule has 7 nitrogen and oxygen atoms in total. The molecule has 0 bridgehead atoms. The molecule has 0 fully saturated rings. The van der Waals surface area contributed by atoms with Crippen molar-refractivity contribution in [1.29, 1.82) is 0 Å². The lowest BCUT2D eigenvalue weighted by Gasteiger charge is -2.14. The average molecular weight is 373 g/mol. The van der Waals surface area contributed by atoms with E-state index in [4.69, 9.17) is 4.52 Å². The zero-order valence-corrected chi connectivity index (χ0v) is 15.6. The summed E-state index contributed by atoms with van der Waals surface area (Å²) in [4.78, 5) is 26.3. The summed E-state index contributed by atoms with van der Waals surface area (Å²) in [6.45, 7) is 2.12. The summed E-state index contributed by atoms with van der Waals surface area (Å²) < 4.78 is 5.37. The second-order valence-electron chi connectivity index (χ2n) is 6.48. The summed E-state index contributed by atoms with van der Waals surface area (Å²) in [5.74, 6) is 1.06. The van der Waals surface area contributed by atoms with Gasteiger partial charge >= 0.3 is 0 Å². The summed E-state index contributed by atoms with van der Waals surface area (Å²) in [6, 6.07) is 17.1. The number of aromatic amines is 1. The molecule has 0 atom stereocenters. The number of imidazole rings is 1. The maximum absolute atomic E-state index is 12.9. The Hall–Kier alpha value is -3.74. The van der Waals surface area contributed by atoms with Crippen molar-refractivity contribution in [1.82, 2.24) is 25.0 Å². The number of nitrogens with one attached hydrogen (secondary N) is 1. The lowest BCUT2D eigenvalue weighted by Crippen LogP contribution is -2.27. The molecule has 1 amide bonds. The van der Waals surface area contributed by atoms with Gasteiger partial charge in [-0.1, -0.05) is 41.6 Å². The number of aromatic nitrogens is 4. The third-order valence-corrected chi connectivity index (χ3v) is 4.36. The van der Waals surface area contributed by atoms with Crippen LogP contribution in [0.15, 0.2) is 65.3 Å². The summed E-state index contributed by atoms with van der Waals surface area (Å²) >= 11 is 0. The predicted octanol–water partition coefficient (Wildman–Crippen LogP) is 3.71. The topological polar surface area (TPSA) is 87.9 Å². The van der Waals surface area contributed by atoms with Gasteiger partial charge in [0.1, 0.15) is 17.2 Å². The Balaban J connectivity index is 1.50. The third-order valence-electron chi connectivity index (χ3n) is 4.36. The average Bonchev–Trinajstić information content (AvgIpc) is 3.35. The Labute approximate surface area is 162 Å². The number of H-pyrrole nitrogens is 1. The van der Waals surface area contributed by atoms with E-state index < -0.39 is 0 Å². The van der Waals surface area contributed by atoms with Crippen LogP contribution >= 0.6 is 0 Å². The molecule has 0 aliphatic heterocycles.